The minimum absolute atomic E-state index is 0.00568. The number of hydrogen-bond acceptors (Lipinski definition) is 6. The number of nitrogens with one attached hydrogen (secondary N) is 1. The van der Waals surface area contributed by atoms with Crippen molar-refractivity contribution in [2.75, 3.05) is 5.32 Å². The summed E-state index contributed by atoms with van der Waals surface area (Å²) in [4.78, 5) is 34.2. The summed E-state index contributed by atoms with van der Waals surface area (Å²) in [6.45, 7) is 0. The SMILES string of the molecule is O=C([O-])c1ccc(NC(=O)[C@H]2[C@@H](C(=O)[O-])[C@@H]3CC[C@H]2O3)cc1. The lowest BCUT2D eigenvalue weighted by Gasteiger charge is -2.27. The van der Waals surface area contributed by atoms with Crippen LogP contribution in [0.3, 0.4) is 0 Å². The number of amides is 1. The van der Waals surface area contributed by atoms with Crippen molar-refractivity contribution in [3.63, 3.8) is 0 Å². The fourth-order valence-electron chi connectivity index (χ4n) is 3.23. The van der Waals surface area contributed by atoms with Gasteiger partial charge >= 0.3 is 0 Å². The Morgan fingerprint density at radius 1 is 1.00 bits per heavy atom. The third-order valence-electron chi connectivity index (χ3n) is 4.24. The number of aromatic carboxylic acids is 1. The molecule has 2 aliphatic rings. The number of rotatable bonds is 4. The summed E-state index contributed by atoms with van der Waals surface area (Å²) in [6.07, 6.45) is 0.394. The summed E-state index contributed by atoms with van der Waals surface area (Å²) in [5.41, 5.74) is 0.378. The molecular formula is C15H13NO6-2. The molecule has 1 amide bonds. The van der Waals surface area contributed by atoms with Gasteiger partial charge < -0.3 is 29.9 Å². The van der Waals surface area contributed by atoms with Crippen LogP contribution in [0.4, 0.5) is 5.69 Å². The molecule has 0 radical (unpaired) electrons. The summed E-state index contributed by atoms with van der Waals surface area (Å²) in [6, 6.07) is 5.45. The van der Waals surface area contributed by atoms with Crippen molar-refractivity contribution in [2.24, 2.45) is 11.8 Å². The van der Waals surface area contributed by atoms with E-state index in [1.807, 2.05) is 0 Å². The van der Waals surface area contributed by atoms with E-state index in [-0.39, 0.29) is 5.56 Å². The number of carbonyl (C=O) groups excluding carboxylic acids is 3. The molecular weight excluding hydrogens is 290 g/mol. The molecule has 7 heteroatoms. The first-order valence-corrected chi connectivity index (χ1v) is 6.96. The van der Waals surface area contributed by atoms with E-state index in [1.54, 1.807) is 0 Å². The molecule has 0 aromatic heterocycles. The van der Waals surface area contributed by atoms with Crippen LogP contribution in [0.1, 0.15) is 23.2 Å². The van der Waals surface area contributed by atoms with Gasteiger partial charge in [0.25, 0.3) is 0 Å². The number of anilines is 1. The lowest BCUT2D eigenvalue weighted by atomic mass is 9.78. The maximum Gasteiger partial charge on any atom is 0.230 e. The molecule has 0 unspecified atom stereocenters. The zero-order valence-corrected chi connectivity index (χ0v) is 11.5. The van der Waals surface area contributed by atoms with E-state index >= 15 is 0 Å². The molecule has 116 valence electrons. The molecule has 2 saturated heterocycles. The van der Waals surface area contributed by atoms with Gasteiger partial charge in [-0.15, -0.1) is 0 Å². The molecule has 1 N–H and O–H groups in total. The van der Waals surface area contributed by atoms with Gasteiger partial charge in [0.05, 0.1) is 24.1 Å². The molecule has 2 aliphatic heterocycles. The average molecular weight is 303 g/mol. The highest BCUT2D eigenvalue weighted by molar-refractivity contribution is 5.96. The van der Waals surface area contributed by atoms with Crippen LogP contribution in [-0.2, 0) is 14.3 Å². The fraction of sp³-hybridized carbons (Fsp3) is 0.400. The number of aliphatic carboxylic acids is 1. The predicted octanol–water partition coefficient (Wildman–Crippen LogP) is -1.47. The van der Waals surface area contributed by atoms with E-state index < -0.39 is 41.9 Å². The summed E-state index contributed by atoms with van der Waals surface area (Å²) >= 11 is 0. The van der Waals surface area contributed by atoms with Crippen LogP contribution >= 0.6 is 0 Å². The second-order valence-corrected chi connectivity index (χ2v) is 5.51. The molecule has 0 aliphatic carbocycles. The number of hydrogen-bond donors (Lipinski definition) is 1. The van der Waals surface area contributed by atoms with Crippen molar-refractivity contribution in [3.8, 4) is 0 Å². The van der Waals surface area contributed by atoms with Crippen molar-refractivity contribution >= 4 is 23.5 Å². The molecule has 2 bridgehead atoms. The van der Waals surface area contributed by atoms with Crippen molar-refractivity contribution in [1.29, 1.82) is 0 Å². The molecule has 0 saturated carbocycles. The Kier molecular flexibility index (Phi) is 3.58. The minimum atomic E-state index is -1.31. The van der Waals surface area contributed by atoms with Gasteiger partial charge in [0.2, 0.25) is 5.91 Å². The van der Waals surface area contributed by atoms with E-state index in [4.69, 9.17) is 4.74 Å². The number of carboxylic acid groups (broad SMARTS) is 2. The number of ether oxygens (including phenoxy) is 1. The Bertz CT molecular complexity index is 625. The van der Waals surface area contributed by atoms with Crippen LogP contribution in [0.25, 0.3) is 0 Å². The zero-order valence-electron chi connectivity index (χ0n) is 11.5. The average Bonchev–Trinajstić information content (AvgIpc) is 3.08. The lowest BCUT2D eigenvalue weighted by molar-refractivity contribution is -0.313. The largest absolute Gasteiger partial charge is 0.550 e. The van der Waals surface area contributed by atoms with Crippen molar-refractivity contribution < 1.29 is 29.3 Å². The first-order valence-electron chi connectivity index (χ1n) is 6.96. The number of carbonyl (C=O) groups is 3. The Hall–Kier alpha value is -2.41. The standard InChI is InChI=1S/C15H15NO6/c17-13(16-8-3-1-7(2-4-8)14(18)19)11-9-5-6-10(22-9)12(11)15(20)21/h1-4,9-12H,5-6H2,(H,16,17)(H,18,19)(H,20,21)/p-2/t9-,10+,11-,12+/m1/s1. The van der Waals surface area contributed by atoms with Crippen LogP contribution in [0.2, 0.25) is 0 Å². The van der Waals surface area contributed by atoms with Crippen molar-refractivity contribution in [1.82, 2.24) is 0 Å². The molecule has 0 spiro atoms. The Morgan fingerprint density at radius 2 is 1.59 bits per heavy atom. The van der Waals surface area contributed by atoms with Gasteiger partial charge in [-0.3, -0.25) is 4.79 Å². The molecule has 4 atom stereocenters. The lowest BCUT2D eigenvalue weighted by Crippen LogP contribution is -2.46. The normalized spacial score (nSPS) is 29.3. The van der Waals surface area contributed by atoms with E-state index in [0.29, 0.717) is 18.5 Å². The monoisotopic (exact) mass is 303 g/mol. The van der Waals surface area contributed by atoms with Gasteiger partial charge in [-0.05, 0) is 30.5 Å². The second kappa shape index (κ2) is 5.42. The van der Waals surface area contributed by atoms with E-state index in [0.717, 1.165) is 0 Å². The Morgan fingerprint density at radius 3 is 2.14 bits per heavy atom. The van der Waals surface area contributed by atoms with Crippen LogP contribution in [0, 0.1) is 11.8 Å². The third kappa shape index (κ3) is 2.43. The van der Waals surface area contributed by atoms with E-state index in [1.165, 1.54) is 24.3 Å². The van der Waals surface area contributed by atoms with Crippen LogP contribution < -0.4 is 15.5 Å². The molecule has 2 fully saturated rings. The molecule has 2 heterocycles. The van der Waals surface area contributed by atoms with Crippen molar-refractivity contribution in [2.45, 2.75) is 25.0 Å². The zero-order chi connectivity index (χ0) is 15.9. The number of benzene rings is 1. The van der Waals surface area contributed by atoms with Gasteiger partial charge in [-0.25, -0.2) is 0 Å². The highest BCUT2D eigenvalue weighted by Crippen LogP contribution is 2.43. The fourth-order valence-corrected chi connectivity index (χ4v) is 3.23. The van der Waals surface area contributed by atoms with Gasteiger partial charge in [0.15, 0.2) is 0 Å². The molecule has 3 rings (SSSR count). The van der Waals surface area contributed by atoms with Gasteiger partial charge in [0, 0.05) is 17.6 Å². The molecule has 1 aromatic rings. The Labute approximate surface area is 125 Å². The maximum atomic E-state index is 12.3. The van der Waals surface area contributed by atoms with Crippen LogP contribution in [0.15, 0.2) is 24.3 Å². The highest BCUT2D eigenvalue weighted by atomic mass is 16.5. The second-order valence-electron chi connectivity index (χ2n) is 5.51. The molecule has 7 nitrogen and oxygen atoms in total. The van der Waals surface area contributed by atoms with Gasteiger partial charge in [0.1, 0.15) is 0 Å². The van der Waals surface area contributed by atoms with E-state index in [2.05, 4.69) is 5.32 Å². The third-order valence-corrected chi connectivity index (χ3v) is 4.24. The topological polar surface area (TPSA) is 119 Å². The molecule has 22 heavy (non-hydrogen) atoms. The van der Waals surface area contributed by atoms with E-state index in [9.17, 15) is 24.6 Å². The molecule has 1 aromatic carbocycles. The van der Waals surface area contributed by atoms with Gasteiger partial charge in [-0.1, -0.05) is 12.1 Å². The smallest absolute Gasteiger partial charge is 0.230 e. The first-order chi connectivity index (χ1) is 10.5. The minimum Gasteiger partial charge on any atom is -0.550 e. The number of carboxylic acids is 2. The quantitative estimate of drug-likeness (QED) is 0.725. The Balaban J connectivity index is 1.73. The predicted molar refractivity (Wildman–Crippen MR) is 69.3 cm³/mol. The maximum absolute atomic E-state index is 12.3. The summed E-state index contributed by atoms with van der Waals surface area (Å²) in [7, 11) is 0. The number of fused-ring (bicyclic) bond motifs is 2. The summed E-state index contributed by atoms with van der Waals surface area (Å²) in [5.74, 6) is -4.77. The summed E-state index contributed by atoms with van der Waals surface area (Å²) < 4.78 is 5.50. The van der Waals surface area contributed by atoms with Crippen LogP contribution in [-0.4, -0.2) is 30.1 Å². The van der Waals surface area contributed by atoms with Crippen molar-refractivity contribution in [3.05, 3.63) is 29.8 Å². The van der Waals surface area contributed by atoms with Crippen LogP contribution in [0.5, 0.6) is 0 Å². The summed E-state index contributed by atoms with van der Waals surface area (Å²) in [5, 5.41) is 24.5. The first kappa shape index (κ1) is 14.5. The highest BCUT2D eigenvalue weighted by Gasteiger charge is 2.52. The van der Waals surface area contributed by atoms with Gasteiger partial charge in [-0.2, -0.15) is 0 Å².